The van der Waals surface area contributed by atoms with Gasteiger partial charge in [0.25, 0.3) is 0 Å². The molecule has 0 radical (unpaired) electrons. The molecule has 1 nitrogen and oxygen atoms in total. The normalized spacial score (nSPS) is 13.1. The van der Waals surface area contributed by atoms with Crippen LogP contribution in [0.1, 0.15) is 25.0 Å². The largest absolute Gasteiger partial charge is 0.311 e. The molecule has 0 saturated heterocycles. The highest BCUT2D eigenvalue weighted by atomic mass is 32.1. The molecule has 10 rings (SSSR count). The van der Waals surface area contributed by atoms with Crippen LogP contribution in [-0.2, 0) is 5.41 Å². The summed E-state index contributed by atoms with van der Waals surface area (Å²) < 4.78 is 2.70. The fourth-order valence-corrected chi connectivity index (χ4v) is 9.72. The standard InChI is InChI=1S/C49H35NS/c1-49(2)44-20-9-8-16-43(44)46-38(17-11-21-45(46)49)33-22-27-36(28-23-33)50(35-13-4-3-5-14-35)37-29-24-34(25-30-37)40-18-10-19-41-42-31-26-32-12-6-7-15-39(32)48(42)51-47(40)41/h3-31H,1-2H3. The second kappa shape index (κ2) is 11.6. The van der Waals surface area contributed by atoms with Crippen molar-refractivity contribution in [1.82, 2.24) is 0 Å². The third kappa shape index (κ3) is 4.67. The van der Waals surface area contributed by atoms with E-state index in [-0.39, 0.29) is 5.41 Å². The van der Waals surface area contributed by atoms with Gasteiger partial charge in [-0.15, -0.1) is 11.3 Å². The Hall–Kier alpha value is -5.96. The number of nitrogens with zero attached hydrogens (tertiary/aromatic N) is 1. The summed E-state index contributed by atoms with van der Waals surface area (Å²) in [6.45, 7) is 4.69. The van der Waals surface area contributed by atoms with Gasteiger partial charge in [-0.1, -0.05) is 153 Å². The zero-order chi connectivity index (χ0) is 34.1. The minimum absolute atomic E-state index is 0.0188. The van der Waals surface area contributed by atoms with Crippen molar-refractivity contribution in [3.8, 4) is 33.4 Å². The van der Waals surface area contributed by atoms with Gasteiger partial charge in [0.15, 0.2) is 0 Å². The van der Waals surface area contributed by atoms with Crippen LogP contribution in [0.4, 0.5) is 17.1 Å². The molecule has 1 aliphatic rings. The molecule has 2 heteroatoms. The Balaban J connectivity index is 1.04. The lowest BCUT2D eigenvalue weighted by molar-refractivity contribution is 0.660. The van der Waals surface area contributed by atoms with E-state index in [0.717, 1.165) is 17.1 Å². The molecule has 0 aliphatic heterocycles. The number of hydrogen-bond donors (Lipinski definition) is 0. The van der Waals surface area contributed by atoms with E-state index in [1.807, 2.05) is 11.3 Å². The molecule has 0 bridgehead atoms. The maximum Gasteiger partial charge on any atom is 0.0462 e. The van der Waals surface area contributed by atoms with Crippen molar-refractivity contribution in [1.29, 1.82) is 0 Å². The van der Waals surface area contributed by atoms with E-state index in [0.29, 0.717) is 0 Å². The van der Waals surface area contributed by atoms with Gasteiger partial charge in [0.2, 0.25) is 0 Å². The Morgan fingerprint density at radius 1 is 0.392 bits per heavy atom. The monoisotopic (exact) mass is 669 g/mol. The van der Waals surface area contributed by atoms with Crippen molar-refractivity contribution in [3.63, 3.8) is 0 Å². The van der Waals surface area contributed by atoms with Crippen LogP contribution in [0.5, 0.6) is 0 Å². The number of para-hydroxylation sites is 1. The van der Waals surface area contributed by atoms with E-state index in [9.17, 15) is 0 Å². The van der Waals surface area contributed by atoms with Crippen molar-refractivity contribution in [2.45, 2.75) is 19.3 Å². The molecule has 9 aromatic rings. The summed E-state index contributed by atoms with van der Waals surface area (Å²) in [6, 6.07) is 64.6. The van der Waals surface area contributed by atoms with Gasteiger partial charge in [0.05, 0.1) is 0 Å². The Morgan fingerprint density at radius 3 is 1.73 bits per heavy atom. The molecule has 51 heavy (non-hydrogen) atoms. The van der Waals surface area contributed by atoms with Crippen LogP contribution < -0.4 is 4.90 Å². The number of benzene rings is 8. The second-order valence-electron chi connectivity index (χ2n) is 14.1. The zero-order valence-electron chi connectivity index (χ0n) is 28.6. The van der Waals surface area contributed by atoms with E-state index in [1.165, 1.54) is 75.5 Å². The van der Waals surface area contributed by atoms with Crippen molar-refractivity contribution >= 4 is 59.3 Å². The summed E-state index contributed by atoms with van der Waals surface area (Å²) in [5, 5.41) is 5.27. The minimum atomic E-state index is -0.0188. The summed E-state index contributed by atoms with van der Waals surface area (Å²) in [5.41, 5.74) is 13.9. The SMILES string of the molecule is CC1(C)c2ccccc2-c2c(-c3ccc(N(c4ccccc4)c4ccc(-c5cccc6c5sc5c7ccccc7ccc65)cc4)cc3)cccc21. The molecule has 0 N–H and O–H groups in total. The van der Waals surface area contributed by atoms with E-state index in [1.54, 1.807) is 0 Å². The highest BCUT2D eigenvalue weighted by Crippen LogP contribution is 2.52. The van der Waals surface area contributed by atoms with Crippen molar-refractivity contribution in [3.05, 3.63) is 187 Å². The zero-order valence-corrected chi connectivity index (χ0v) is 29.4. The van der Waals surface area contributed by atoms with Gasteiger partial charge >= 0.3 is 0 Å². The fourth-order valence-electron chi connectivity index (χ4n) is 8.35. The highest BCUT2D eigenvalue weighted by Gasteiger charge is 2.36. The molecule has 8 aromatic carbocycles. The number of fused-ring (bicyclic) bond motifs is 8. The summed E-state index contributed by atoms with van der Waals surface area (Å²) in [6.07, 6.45) is 0. The lowest BCUT2D eigenvalue weighted by Gasteiger charge is -2.26. The summed E-state index contributed by atoms with van der Waals surface area (Å²) in [7, 11) is 0. The van der Waals surface area contributed by atoms with E-state index in [2.05, 4.69) is 195 Å². The Kier molecular flexibility index (Phi) is 6.78. The van der Waals surface area contributed by atoms with Crippen LogP contribution in [-0.4, -0.2) is 0 Å². The average Bonchev–Trinajstić information content (AvgIpc) is 3.69. The van der Waals surface area contributed by atoms with Crippen LogP contribution in [0.2, 0.25) is 0 Å². The Morgan fingerprint density at radius 2 is 0.941 bits per heavy atom. The average molecular weight is 670 g/mol. The second-order valence-corrected chi connectivity index (χ2v) is 15.1. The lowest BCUT2D eigenvalue weighted by atomic mass is 9.82. The quantitative estimate of drug-likeness (QED) is 0.176. The highest BCUT2D eigenvalue weighted by molar-refractivity contribution is 7.27. The molecular formula is C49H35NS. The first-order valence-corrected chi connectivity index (χ1v) is 18.5. The smallest absolute Gasteiger partial charge is 0.0462 e. The molecule has 1 heterocycles. The first kappa shape index (κ1) is 29.9. The molecule has 0 saturated carbocycles. The molecule has 1 aliphatic carbocycles. The molecule has 0 spiro atoms. The van der Waals surface area contributed by atoms with Crippen LogP contribution in [0.3, 0.4) is 0 Å². The predicted octanol–water partition coefficient (Wildman–Crippen LogP) is 14.3. The van der Waals surface area contributed by atoms with Gasteiger partial charge in [0, 0.05) is 42.6 Å². The lowest BCUT2D eigenvalue weighted by Crippen LogP contribution is -2.14. The minimum Gasteiger partial charge on any atom is -0.311 e. The molecule has 0 fully saturated rings. The van der Waals surface area contributed by atoms with Crippen molar-refractivity contribution < 1.29 is 0 Å². The molecular weight excluding hydrogens is 635 g/mol. The van der Waals surface area contributed by atoms with Crippen LogP contribution in [0.15, 0.2) is 176 Å². The summed E-state index contributed by atoms with van der Waals surface area (Å²) in [5.74, 6) is 0. The molecule has 1 aromatic heterocycles. The molecule has 0 unspecified atom stereocenters. The summed E-state index contributed by atoms with van der Waals surface area (Å²) >= 11 is 1.91. The van der Waals surface area contributed by atoms with Gasteiger partial charge in [-0.3, -0.25) is 0 Å². The maximum atomic E-state index is 2.35. The van der Waals surface area contributed by atoms with Gasteiger partial charge in [-0.25, -0.2) is 0 Å². The summed E-state index contributed by atoms with van der Waals surface area (Å²) in [4.78, 5) is 2.35. The topological polar surface area (TPSA) is 3.24 Å². The number of thiophene rings is 1. The van der Waals surface area contributed by atoms with E-state index in [4.69, 9.17) is 0 Å². The first-order chi connectivity index (χ1) is 25.1. The Labute approximate surface area is 302 Å². The molecule has 0 amide bonds. The third-order valence-electron chi connectivity index (χ3n) is 10.9. The van der Waals surface area contributed by atoms with E-state index < -0.39 is 0 Å². The van der Waals surface area contributed by atoms with Gasteiger partial charge in [0.1, 0.15) is 0 Å². The molecule has 242 valence electrons. The third-order valence-corrected chi connectivity index (χ3v) is 12.2. The molecule has 0 atom stereocenters. The van der Waals surface area contributed by atoms with Crippen LogP contribution in [0.25, 0.3) is 64.3 Å². The van der Waals surface area contributed by atoms with Gasteiger partial charge in [-0.2, -0.15) is 0 Å². The van der Waals surface area contributed by atoms with Crippen molar-refractivity contribution in [2.24, 2.45) is 0 Å². The number of rotatable bonds is 5. The van der Waals surface area contributed by atoms with Crippen LogP contribution >= 0.6 is 11.3 Å². The van der Waals surface area contributed by atoms with Crippen molar-refractivity contribution in [2.75, 3.05) is 4.90 Å². The first-order valence-electron chi connectivity index (χ1n) is 17.7. The van der Waals surface area contributed by atoms with Gasteiger partial charge < -0.3 is 4.90 Å². The van der Waals surface area contributed by atoms with Crippen LogP contribution in [0, 0.1) is 0 Å². The van der Waals surface area contributed by atoms with E-state index >= 15 is 0 Å². The Bertz CT molecular complexity index is 2750. The van der Waals surface area contributed by atoms with Gasteiger partial charge in [-0.05, 0) is 91.7 Å². The number of anilines is 3. The predicted molar refractivity (Wildman–Crippen MR) is 220 cm³/mol. The maximum absolute atomic E-state index is 2.35. The fraction of sp³-hybridized carbons (Fsp3) is 0.0612. The number of hydrogen-bond acceptors (Lipinski definition) is 2.